The average Bonchev–Trinajstić information content (AvgIpc) is 3.47. The molecule has 8 heteroatoms. The summed E-state index contributed by atoms with van der Waals surface area (Å²) in [7, 11) is 0. The standard InChI is InChI=1S/C24H26Cl2N4OS/c1-3-16-8-7-9-17(4-2)22(16)30-23(19-11-10-18(25)14-20(19)26)27-28-24(30)32-15-21(31)29-12-5-6-13-29/h7-11,14H,3-6,12-13,15H2,1-2H3. The fourth-order valence-electron chi connectivity index (χ4n) is 4.10. The van der Waals surface area contributed by atoms with Crippen LogP contribution < -0.4 is 0 Å². The second-order valence-corrected chi connectivity index (χ2v) is 9.56. The van der Waals surface area contributed by atoms with Crippen LogP contribution in [0.3, 0.4) is 0 Å². The van der Waals surface area contributed by atoms with Crippen molar-refractivity contribution >= 4 is 40.9 Å². The van der Waals surface area contributed by atoms with Gasteiger partial charge in [0.15, 0.2) is 11.0 Å². The fourth-order valence-corrected chi connectivity index (χ4v) is 5.43. The Bertz CT molecular complexity index is 1100. The van der Waals surface area contributed by atoms with Crippen molar-refractivity contribution in [3.63, 3.8) is 0 Å². The maximum Gasteiger partial charge on any atom is 0.233 e. The third-order valence-corrected chi connectivity index (χ3v) is 7.24. The Balaban J connectivity index is 1.81. The number of halogens is 2. The van der Waals surface area contributed by atoms with Gasteiger partial charge in [-0.1, -0.05) is 67.0 Å². The highest BCUT2D eigenvalue weighted by atomic mass is 35.5. The van der Waals surface area contributed by atoms with Crippen LogP contribution in [0.15, 0.2) is 41.6 Å². The van der Waals surface area contributed by atoms with E-state index in [2.05, 4.69) is 46.8 Å². The molecule has 0 N–H and O–H groups in total. The largest absolute Gasteiger partial charge is 0.342 e. The number of para-hydroxylation sites is 1. The van der Waals surface area contributed by atoms with Crippen LogP contribution in [0.2, 0.25) is 10.0 Å². The molecule has 5 nitrogen and oxygen atoms in total. The van der Waals surface area contributed by atoms with Gasteiger partial charge in [-0.25, -0.2) is 0 Å². The van der Waals surface area contributed by atoms with Crippen LogP contribution in [0.25, 0.3) is 17.1 Å². The number of hydrogen-bond acceptors (Lipinski definition) is 4. The smallest absolute Gasteiger partial charge is 0.233 e. The number of aromatic nitrogens is 3. The summed E-state index contributed by atoms with van der Waals surface area (Å²) in [5.41, 5.74) is 4.22. The molecule has 3 aromatic rings. The molecule has 32 heavy (non-hydrogen) atoms. The molecule has 0 radical (unpaired) electrons. The minimum atomic E-state index is 0.146. The summed E-state index contributed by atoms with van der Waals surface area (Å²) in [6, 6.07) is 11.7. The van der Waals surface area contributed by atoms with Crippen molar-refractivity contribution in [3.8, 4) is 17.1 Å². The van der Waals surface area contributed by atoms with Crippen molar-refractivity contribution in [3.05, 3.63) is 57.6 Å². The maximum absolute atomic E-state index is 12.7. The molecule has 1 aliphatic rings. The number of rotatable bonds is 7. The minimum Gasteiger partial charge on any atom is -0.342 e. The first-order valence-corrected chi connectivity index (χ1v) is 12.7. The molecule has 168 valence electrons. The fraction of sp³-hybridized carbons (Fsp3) is 0.375. The zero-order valence-electron chi connectivity index (χ0n) is 18.3. The summed E-state index contributed by atoms with van der Waals surface area (Å²) >= 11 is 14.1. The third-order valence-electron chi connectivity index (χ3n) is 5.78. The van der Waals surface area contributed by atoms with Crippen molar-refractivity contribution in [2.24, 2.45) is 0 Å². The molecule has 1 aromatic heterocycles. The number of amides is 1. The van der Waals surface area contributed by atoms with Gasteiger partial charge in [-0.15, -0.1) is 10.2 Å². The topological polar surface area (TPSA) is 51.0 Å². The Labute approximate surface area is 203 Å². The molecule has 0 bridgehead atoms. The molecule has 4 rings (SSSR count). The first-order valence-electron chi connectivity index (χ1n) is 11.0. The highest BCUT2D eigenvalue weighted by Crippen LogP contribution is 2.36. The van der Waals surface area contributed by atoms with Crippen LogP contribution >= 0.6 is 35.0 Å². The Hall–Kier alpha value is -2.02. The normalized spacial score (nSPS) is 13.7. The number of thioether (sulfide) groups is 1. The second-order valence-electron chi connectivity index (χ2n) is 7.77. The van der Waals surface area contributed by atoms with Gasteiger partial charge in [0, 0.05) is 23.7 Å². The molecule has 0 aliphatic carbocycles. The van der Waals surface area contributed by atoms with Gasteiger partial charge >= 0.3 is 0 Å². The van der Waals surface area contributed by atoms with Gasteiger partial charge < -0.3 is 4.90 Å². The molecule has 1 amide bonds. The monoisotopic (exact) mass is 488 g/mol. The highest BCUT2D eigenvalue weighted by Gasteiger charge is 2.24. The molecule has 0 atom stereocenters. The van der Waals surface area contributed by atoms with Crippen molar-refractivity contribution in [2.75, 3.05) is 18.8 Å². The van der Waals surface area contributed by atoms with E-state index in [-0.39, 0.29) is 5.91 Å². The number of carbonyl (C=O) groups excluding carboxylic acids is 1. The first kappa shape index (κ1) is 23.1. The summed E-state index contributed by atoms with van der Waals surface area (Å²) in [6.45, 7) is 5.97. The zero-order valence-corrected chi connectivity index (χ0v) is 20.6. The zero-order chi connectivity index (χ0) is 22.7. The van der Waals surface area contributed by atoms with Gasteiger partial charge in [0.2, 0.25) is 5.91 Å². The van der Waals surface area contributed by atoms with E-state index in [1.807, 2.05) is 11.0 Å². The summed E-state index contributed by atoms with van der Waals surface area (Å²) < 4.78 is 2.06. The molecule has 2 aromatic carbocycles. The number of likely N-dealkylation sites (tertiary alicyclic amines) is 1. The lowest BCUT2D eigenvalue weighted by atomic mass is 10.0. The van der Waals surface area contributed by atoms with Crippen molar-refractivity contribution in [2.45, 2.75) is 44.7 Å². The molecule has 0 saturated carbocycles. The lowest BCUT2D eigenvalue weighted by Gasteiger charge is -2.19. The molecule has 2 heterocycles. The van der Waals surface area contributed by atoms with E-state index < -0.39 is 0 Å². The van der Waals surface area contributed by atoms with Crippen molar-refractivity contribution < 1.29 is 4.79 Å². The van der Waals surface area contributed by atoms with E-state index in [0.29, 0.717) is 26.8 Å². The Morgan fingerprint density at radius 2 is 1.72 bits per heavy atom. The number of hydrogen-bond donors (Lipinski definition) is 0. The summed E-state index contributed by atoms with van der Waals surface area (Å²) in [4.78, 5) is 14.6. The van der Waals surface area contributed by atoms with Gasteiger partial charge in [-0.05, 0) is 55.0 Å². The first-order chi connectivity index (χ1) is 15.5. The molecule has 1 fully saturated rings. The van der Waals surface area contributed by atoms with Crippen LogP contribution in [-0.2, 0) is 17.6 Å². The molecular formula is C24H26Cl2N4OS. The van der Waals surface area contributed by atoms with Crippen LogP contribution in [0.1, 0.15) is 37.8 Å². The molecule has 1 aliphatic heterocycles. The van der Waals surface area contributed by atoms with Crippen LogP contribution in [0, 0.1) is 0 Å². The van der Waals surface area contributed by atoms with Gasteiger partial charge in [0.1, 0.15) is 0 Å². The van der Waals surface area contributed by atoms with Crippen LogP contribution in [0.4, 0.5) is 0 Å². The van der Waals surface area contributed by atoms with Crippen molar-refractivity contribution in [1.82, 2.24) is 19.7 Å². The number of carbonyl (C=O) groups is 1. The highest BCUT2D eigenvalue weighted by molar-refractivity contribution is 7.99. The van der Waals surface area contributed by atoms with Gasteiger partial charge in [0.25, 0.3) is 0 Å². The average molecular weight is 489 g/mol. The number of nitrogens with zero attached hydrogens (tertiary/aromatic N) is 4. The van der Waals surface area contributed by atoms with Crippen LogP contribution in [-0.4, -0.2) is 44.4 Å². The van der Waals surface area contributed by atoms with E-state index >= 15 is 0 Å². The molecular weight excluding hydrogens is 463 g/mol. The van der Waals surface area contributed by atoms with Crippen LogP contribution in [0.5, 0.6) is 0 Å². The molecule has 0 unspecified atom stereocenters. The summed E-state index contributed by atoms with van der Waals surface area (Å²) in [6.07, 6.45) is 3.89. The Kier molecular flexibility index (Phi) is 7.44. The van der Waals surface area contributed by atoms with Gasteiger partial charge in [-0.2, -0.15) is 0 Å². The van der Waals surface area contributed by atoms with E-state index in [1.165, 1.54) is 22.9 Å². The lowest BCUT2D eigenvalue weighted by molar-refractivity contribution is -0.127. The summed E-state index contributed by atoms with van der Waals surface area (Å²) in [5, 5.41) is 10.8. The maximum atomic E-state index is 12.7. The molecule has 0 spiro atoms. The SMILES string of the molecule is CCc1cccc(CC)c1-n1c(SCC(=O)N2CCCC2)nnc1-c1ccc(Cl)cc1Cl. The van der Waals surface area contributed by atoms with E-state index in [0.717, 1.165) is 50.0 Å². The van der Waals surface area contributed by atoms with Crippen molar-refractivity contribution in [1.29, 1.82) is 0 Å². The minimum absolute atomic E-state index is 0.146. The Morgan fingerprint density at radius 3 is 2.34 bits per heavy atom. The second kappa shape index (κ2) is 10.3. The molecule has 1 saturated heterocycles. The lowest BCUT2D eigenvalue weighted by Crippen LogP contribution is -2.29. The predicted octanol–water partition coefficient (Wildman–Crippen LogP) is 6.08. The number of benzene rings is 2. The van der Waals surface area contributed by atoms with E-state index in [4.69, 9.17) is 23.2 Å². The number of aryl methyl sites for hydroxylation is 2. The van der Waals surface area contributed by atoms with E-state index in [9.17, 15) is 4.79 Å². The van der Waals surface area contributed by atoms with Gasteiger partial charge in [-0.3, -0.25) is 9.36 Å². The predicted molar refractivity (Wildman–Crippen MR) is 132 cm³/mol. The third kappa shape index (κ3) is 4.68. The quantitative estimate of drug-likeness (QED) is 0.378. The van der Waals surface area contributed by atoms with E-state index in [1.54, 1.807) is 12.1 Å². The Morgan fingerprint density at radius 1 is 1.03 bits per heavy atom. The summed E-state index contributed by atoms with van der Waals surface area (Å²) in [5.74, 6) is 1.13. The van der Waals surface area contributed by atoms with Gasteiger partial charge in [0.05, 0.1) is 16.5 Å².